The molecule has 0 amide bonds. The van der Waals surface area contributed by atoms with E-state index >= 15 is 0 Å². The Labute approximate surface area is 179 Å². The molecule has 8 heteroatoms. The fourth-order valence-corrected chi connectivity index (χ4v) is 3.82. The first-order valence-electron chi connectivity index (χ1n) is 10.1. The second kappa shape index (κ2) is 9.45. The highest BCUT2D eigenvalue weighted by Gasteiger charge is 2.20. The molecule has 1 fully saturated rings. The van der Waals surface area contributed by atoms with Gasteiger partial charge in [0, 0.05) is 43.7 Å². The van der Waals surface area contributed by atoms with E-state index in [-0.39, 0.29) is 16.4 Å². The van der Waals surface area contributed by atoms with Gasteiger partial charge in [0.2, 0.25) is 11.4 Å². The van der Waals surface area contributed by atoms with Gasteiger partial charge in [-0.25, -0.2) is 4.39 Å². The van der Waals surface area contributed by atoms with Crippen molar-refractivity contribution in [3.05, 3.63) is 63.7 Å². The van der Waals surface area contributed by atoms with E-state index in [0.29, 0.717) is 23.8 Å². The highest BCUT2D eigenvalue weighted by Crippen LogP contribution is 2.26. The summed E-state index contributed by atoms with van der Waals surface area (Å²) in [4.78, 5) is 22.9. The maximum Gasteiger partial charge on any atom is 0.249 e. The second-order valence-corrected chi connectivity index (χ2v) is 7.77. The average Bonchev–Trinajstić information content (AvgIpc) is 2.76. The number of unbranched alkanes of at least 4 members (excludes halogenated alkanes) is 1. The van der Waals surface area contributed by atoms with Crippen LogP contribution in [-0.4, -0.2) is 54.2 Å². The molecule has 0 aliphatic carbocycles. The van der Waals surface area contributed by atoms with Crippen molar-refractivity contribution in [2.75, 3.05) is 44.2 Å². The average molecular weight is 431 g/mol. The van der Waals surface area contributed by atoms with E-state index in [9.17, 15) is 9.18 Å². The van der Waals surface area contributed by atoms with E-state index in [0.717, 1.165) is 51.0 Å². The number of nitrogens with zero attached hydrogens (tertiary/aromatic N) is 3. The van der Waals surface area contributed by atoms with Gasteiger partial charge in [0.15, 0.2) is 5.82 Å². The van der Waals surface area contributed by atoms with Gasteiger partial charge in [-0.1, -0.05) is 17.7 Å². The van der Waals surface area contributed by atoms with Crippen LogP contribution in [0.4, 0.5) is 10.1 Å². The summed E-state index contributed by atoms with van der Waals surface area (Å²) >= 11 is 5.90. The van der Waals surface area contributed by atoms with Crippen LogP contribution in [0.5, 0.6) is 5.88 Å². The van der Waals surface area contributed by atoms with Crippen LogP contribution in [0.15, 0.2) is 47.3 Å². The van der Waals surface area contributed by atoms with Crippen molar-refractivity contribution < 1.29 is 9.13 Å². The number of piperazine rings is 1. The van der Waals surface area contributed by atoms with Crippen molar-refractivity contribution >= 4 is 28.3 Å². The molecule has 2 aromatic heterocycles. The third kappa shape index (κ3) is 4.91. The molecule has 158 valence electrons. The fourth-order valence-electron chi connectivity index (χ4n) is 3.65. The molecule has 0 atom stereocenters. The molecule has 1 aliphatic rings. The molecule has 0 unspecified atom stereocenters. The zero-order valence-electron chi connectivity index (χ0n) is 16.6. The number of pyridine rings is 2. The number of ether oxygens (including phenoxy) is 1. The van der Waals surface area contributed by atoms with E-state index < -0.39 is 0 Å². The van der Waals surface area contributed by atoms with Crippen LogP contribution in [-0.2, 0) is 0 Å². The largest absolute Gasteiger partial charge is 0.478 e. The first-order valence-corrected chi connectivity index (χ1v) is 10.5. The number of H-pyrrole nitrogens is 1. The number of rotatable bonds is 7. The van der Waals surface area contributed by atoms with Crippen molar-refractivity contribution in [3.8, 4) is 5.88 Å². The van der Waals surface area contributed by atoms with Gasteiger partial charge in [0.05, 0.1) is 17.3 Å². The lowest BCUT2D eigenvalue weighted by Gasteiger charge is -2.36. The summed E-state index contributed by atoms with van der Waals surface area (Å²) in [5.41, 5.74) is 0.944. The predicted octanol–water partition coefficient (Wildman–Crippen LogP) is 3.70. The van der Waals surface area contributed by atoms with Crippen LogP contribution in [0.3, 0.4) is 0 Å². The minimum atomic E-state index is -0.337. The molecular weight excluding hydrogens is 407 g/mol. The number of anilines is 1. The molecule has 4 rings (SSSR count). The lowest BCUT2D eigenvalue weighted by atomic mass is 10.2. The molecule has 0 spiro atoms. The Hall–Kier alpha value is -2.64. The summed E-state index contributed by atoms with van der Waals surface area (Å²) in [6, 6.07) is 12.1. The van der Waals surface area contributed by atoms with E-state index in [4.69, 9.17) is 16.3 Å². The molecule has 1 aromatic carbocycles. The number of aromatic nitrogens is 2. The van der Waals surface area contributed by atoms with Crippen molar-refractivity contribution in [2.24, 2.45) is 0 Å². The van der Waals surface area contributed by atoms with Crippen LogP contribution in [0.2, 0.25) is 5.02 Å². The van der Waals surface area contributed by atoms with Crippen molar-refractivity contribution in [1.82, 2.24) is 14.9 Å². The summed E-state index contributed by atoms with van der Waals surface area (Å²) in [6.45, 7) is 4.91. The molecule has 0 saturated carbocycles. The number of hydrogen-bond acceptors (Lipinski definition) is 5. The SMILES string of the molecule is O=c1ccc2ccc(OCCCCN3CCN(c4cccc(Cl)c4F)CC3)nc2[nH]1. The Bertz CT molecular complexity index is 1070. The second-order valence-electron chi connectivity index (χ2n) is 7.37. The molecule has 30 heavy (non-hydrogen) atoms. The minimum absolute atomic E-state index is 0.169. The standard InChI is InChI=1S/C22H24ClFN4O2/c23-17-4-3-5-18(21(17)24)28-13-11-27(12-14-28)10-1-2-15-30-20-9-7-16-6-8-19(29)25-22(16)26-20/h3-9H,1-2,10-15H2,(H,25,26,29). The number of halogens is 2. The minimum Gasteiger partial charge on any atom is -0.478 e. The van der Waals surface area contributed by atoms with Gasteiger partial charge in [0.1, 0.15) is 5.65 Å². The summed E-state index contributed by atoms with van der Waals surface area (Å²) in [6.07, 6.45) is 1.92. The maximum absolute atomic E-state index is 14.2. The summed E-state index contributed by atoms with van der Waals surface area (Å²) in [7, 11) is 0. The summed E-state index contributed by atoms with van der Waals surface area (Å²) in [5.74, 6) is 0.178. The molecule has 3 heterocycles. The van der Waals surface area contributed by atoms with Gasteiger partial charge in [-0.05, 0) is 43.7 Å². The monoisotopic (exact) mass is 430 g/mol. The number of hydrogen-bond donors (Lipinski definition) is 1. The number of nitrogens with one attached hydrogen (secondary N) is 1. The van der Waals surface area contributed by atoms with Gasteiger partial charge >= 0.3 is 0 Å². The van der Waals surface area contributed by atoms with Crippen molar-refractivity contribution in [3.63, 3.8) is 0 Å². The Morgan fingerprint density at radius 2 is 1.87 bits per heavy atom. The number of aromatic amines is 1. The molecule has 0 radical (unpaired) electrons. The molecular formula is C22H24ClFN4O2. The summed E-state index contributed by atoms with van der Waals surface area (Å²) < 4.78 is 19.9. The van der Waals surface area contributed by atoms with Gasteiger partial charge in [-0.15, -0.1) is 0 Å². The van der Waals surface area contributed by atoms with Crippen LogP contribution < -0.4 is 15.2 Å². The quantitative estimate of drug-likeness (QED) is 0.579. The van der Waals surface area contributed by atoms with Crippen LogP contribution in [0.1, 0.15) is 12.8 Å². The smallest absolute Gasteiger partial charge is 0.249 e. The summed E-state index contributed by atoms with van der Waals surface area (Å²) in [5, 5.41) is 1.04. The van der Waals surface area contributed by atoms with E-state index in [2.05, 4.69) is 19.8 Å². The Kier molecular flexibility index (Phi) is 6.50. The van der Waals surface area contributed by atoms with Gasteiger partial charge in [-0.3, -0.25) is 9.69 Å². The van der Waals surface area contributed by atoms with Gasteiger partial charge in [-0.2, -0.15) is 4.98 Å². The topological polar surface area (TPSA) is 61.5 Å². The maximum atomic E-state index is 14.2. The molecule has 1 saturated heterocycles. The Morgan fingerprint density at radius 3 is 2.70 bits per heavy atom. The Morgan fingerprint density at radius 1 is 1.07 bits per heavy atom. The Balaban J connectivity index is 1.18. The zero-order valence-corrected chi connectivity index (χ0v) is 17.4. The first kappa shape index (κ1) is 20.6. The zero-order chi connectivity index (χ0) is 20.9. The van der Waals surface area contributed by atoms with Crippen LogP contribution >= 0.6 is 11.6 Å². The first-order chi connectivity index (χ1) is 14.6. The van der Waals surface area contributed by atoms with E-state index in [1.54, 1.807) is 24.3 Å². The molecule has 3 aromatic rings. The van der Waals surface area contributed by atoms with Crippen molar-refractivity contribution in [2.45, 2.75) is 12.8 Å². The third-order valence-corrected chi connectivity index (χ3v) is 5.61. The normalized spacial score (nSPS) is 14.9. The predicted molar refractivity (Wildman–Crippen MR) is 117 cm³/mol. The van der Waals surface area contributed by atoms with Crippen molar-refractivity contribution in [1.29, 1.82) is 0 Å². The third-order valence-electron chi connectivity index (χ3n) is 5.32. The highest BCUT2D eigenvalue weighted by atomic mass is 35.5. The van der Waals surface area contributed by atoms with Gasteiger partial charge in [0.25, 0.3) is 0 Å². The highest BCUT2D eigenvalue weighted by molar-refractivity contribution is 6.31. The molecule has 1 N–H and O–H groups in total. The molecule has 0 bridgehead atoms. The lowest BCUT2D eigenvalue weighted by molar-refractivity contribution is 0.236. The van der Waals surface area contributed by atoms with Crippen LogP contribution in [0.25, 0.3) is 11.0 Å². The van der Waals surface area contributed by atoms with Crippen LogP contribution in [0, 0.1) is 5.82 Å². The van der Waals surface area contributed by atoms with Gasteiger partial charge < -0.3 is 14.6 Å². The fraction of sp³-hybridized carbons (Fsp3) is 0.364. The molecule has 1 aliphatic heterocycles. The number of fused-ring (bicyclic) bond motifs is 1. The number of benzene rings is 1. The van der Waals surface area contributed by atoms with E-state index in [1.807, 2.05) is 12.1 Å². The van der Waals surface area contributed by atoms with E-state index in [1.165, 1.54) is 6.07 Å². The molecule has 6 nitrogen and oxygen atoms in total. The lowest BCUT2D eigenvalue weighted by Crippen LogP contribution is -2.47.